The van der Waals surface area contributed by atoms with Crippen LogP contribution in [0.2, 0.25) is 0 Å². The van der Waals surface area contributed by atoms with Gasteiger partial charge in [0.1, 0.15) is 0 Å². The highest BCUT2D eigenvalue weighted by Crippen LogP contribution is 2.45. The van der Waals surface area contributed by atoms with Crippen molar-refractivity contribution in [2.45, 2.75) is 38.5 Å². The van der Waals surface area contributed by atoms with Gasteiger partial charge in [0.2, 0.25) is 17.8 Å². The number of nitrogens with zero attached hydrogens (tertiary/aromatic N) is 4. The minimum Gasteiger partial charge on any atom is -0.355 e. The van der Waals surface area contributed by atoms with Gasteiger partial charge in [-0.1, -0.05) is 0 Å². The lowest BCUT2D eigenvalue weighted by Crippen LogP contribution is -2.48. The minimum absolute atomic E-state index is 0.126. The van der Waals surface area contributed by atoms with Crippen molar-refractivity contribution in [2.24, 2.45) is 23.2 Å². The highest BCUT2D eigenvalue weighted by Gasteiger charge is 2.54. The number of aromatic nitrogens is 2. The van der Waals surface area contributed by atoms with Crippen LogP contribution in [0.5, 0.6) is 0 Å². The van der Waals surface area contributed by atoms with Crippen molar-refractivity contribution in [2.75, 3.05) is 37.6 Å². The summed E-state index contributed by atoms with van der Waals surface area (Å²) in [7, 11) is 0. The fourth-order valence-corrected chi connectivity index (χ4v) is 4.93. The molecule has 3 heterocycles. The highest BCUT2D eigenvalue weighted by atomic mass is 16.2. The first kappa shape index (κ1) is 17.9. The fraction of sp³-hybridized carbons (Fsp3) is 0.714. The molecule has 2 aliphatic heterocycles. The maximum absolute atomic E-state index is 13.4. The van der Waals surface area contributed by atoms with Crippen LogP contribution in [0, 0.1) is 23.2 Å². The summed E-state index contributed by atoms with van der Waals surface area (Å²) in [6, 6.07) is 1.81. The number of amides is 2. The summed E-state index contributed by atoms with van der Waals surface area (Å²) in [6.45, 7) is 3.62. The van der Waals surface area contributed by atoms with Crippen molar-refractivity contribution in [3.63, 3.8) is 0 Å². The normalized spacial score (nSPS) is 29.9. The molecular formula is C21H29N5O2. The Bertz CT molecular complexity index is 748. The first-order chi connectivity index (χ1) is 13.7. The Morgan fingerprint density at radius 2 is 1.93 bits per heavy atom. The number of likely N-dealkylation sites (tertiary alicyclic amines) is 1. The van der Waals surface area contributed by atoms with E-state index in [4.69, 9.17) is 0 Å². The Hall–Kier alpha value is -2.18. The Morgan fingerprint density at radius 3 is 2.64 bits per heavy atom. The lowest BCUT2D eigenvalue weighted by atomic mass is 9.74. The van der Waals surface area contributed by atoms with Gasteiger partial charge in [0.15, 0.2) is 0 Å². The molecule has 5 rings (SSSR count). The van der Waals surface area contributed by atoms with Gasteiger partial charge >= 0.3 is 0 Å². The van der Waals surface area contributed by atoms with Crippen molar-refractivity contribution in [1.82, 2.24) is 20.2 Å². The number of fused-ring (bicyclic) bond motifs is 1. The summed E-state index contributed by atoms with van der Waals surface area (Å²) in [6.07, 6.45) is 9.71. The lowest BCUT2D eigenvalue weighted by Gasteiger charge is -2.32. The second kappa shape index (κ2) is 7.01. The monoisotopic (exact) mass is 383 g/mol. The van der Waals surface area contributed by atoms with Crippen LogP contribution < -0.4 is 10.2 Å². The first-order valence-electron chi connectivity index (χ1n) is 10.7. The van der Waals surface area contributed by atoms with Crippen LogP contribution in [0.25, 0.3) is 0 Å². The number of anilines is 1. The molecule has 1 aromatic rings. The zero-order valence-corrected chi connectivity index (χ0v) is 16.3. The molecule has 0 aromatic carbocycles. The number of hydrogen-bond donors (Lipinski definition) is 1. The van der Waals surface area contributed by atoms with Gasteiger partial charge < -0.3 is 15.1 Å². The van der Waals surface area contributed by atoms with Crippen LogP contribution in [0.15, 0.2) is 18.5 Å². The van der Waals surface area contributed by atoms with Crippen molar-refractivity contribution in [3.8, 4) is 0 Å². The molecule has 2 atom stereocenters. The SMILES string of the molecule is O=C(C1CC1)N1CCC[C@@]2(C(=O)NCC3CC3)CN(c3ncccn3)C[C@@H]2C1. The number of nitrogens with one attached hydrogen (secondary N) is 1. The van der Waals surface area contributed by atoms with Crippen LogP contribution in [0.3, 0.4) is 0 Å². The second-order valence-electron chi connectivity index (χ2n) is 9.10. The first-order valence-corrected chi connectivity index (χ1v) is 10.7. The van der Waals surface area contributed by atoms with Crippen molar-refractivity contribution in [3.05, 3.63) is 18.5 Å². The lowest BCUT2D eigenvalue weighted by molar-refractivity contribution is -0.136. The summed E-state index contributed by atoms with van der Waals surface area (Å²) in [5.74, 6) is 2.16. The molecule has 7 heteroatoms. The molecule has 0 radical (unpaired) electrons. The quantitative estimate of drug-likeness (QED) is 0.833. The molecule has 150 valence electrons. The minimum atomic E-state index is -0.452. The summed E-state index contributed by atoms with van der Waals surface area (Å²) >= 11 is 0. The maximum Gasteiger partial charge on any atom is 0.228 e. The van der Waals surface area contributed by atoms with Gasteiger partial charge in [-0.3, -0.25) is 9.59 Å². The largest absolute Gasteiger partial charge is 0.355 e. The molecule has 0 bridgehead atoms. The van der Waals surface area contributed by atoms with E-state index in [-0.39, 0.29) is 17.7 Å². The maximum atomic E-state index is 13.4. The summed E-state index contributed by atoms with van der Waals surface area (Å²) in [5, 5.41) is 3.25. The molecule has 1 N–H and O–H groups in total. The zero-order valence-electron chi connectivity index (χ0n) is 16.3. The van der Waals surface area contributed by atoms with E-state index in [0.29, 0.717) is 30.9 Å². The smallest absolute Gasteiger partial charge is 0.228 e. The Balaban J connectivity index is 1.39. The number of hydrogen-bond acceptors (Lipinski definition) is 5. The topological polar surface area (TPSA) is 78.4 Å². The molecule has 2 amide bonds. The van der Waals surface area contributed by atoms with E-state index < -0.39 is 5.41 Å². The van der Waals surface area contributed by atoms with E-state index in [9.17, 15) is 9.59 Å². The Kier molecular flexibility index (Phi) is 4.48. The Labute approximate surface area is 165 Å². The zero-order chi connectivity index (χ0) is 19.1. The van der Waals surface area contributed by atoms with E-state index in [0.717, 1.165) is 45.3 Å². The molecule has 0 spiro atoms. The molecular weight excluding hydrogens is 354 g/mol. The van der Waals surface area contributed by atoms with Crippen LogP contribution in [0.4, 0.5) is 5.95 Å². The van der Waals surface area contributed by atoms with Gasteiger partial charge in [-0.15, -0.1) is 0 Å². The van der Waals surface area contributed by atoms with E-state index in [1.807, 2.05) is 11.0 Å². The van der Waals surface area contributed by atoms with E-state index in [2.05, 4.69) is 20.2 Å². The summed E-state index contributed by atoms with van der Waals surface area (Å²) in [5.41, 5.74) is -0.452. The van der Waals surface area contributed by atoms with Crippen molar-refractivity contribution < 1.29 is 9.59 Å². The molecule has 2 aliphatic carbocycles. The van der Waals surface area contributed by atoms with Gasteiger partial charge in [0, 0.05) is 57.0 Å². The van der Waals surface area contributed by atoms with Crippen molar-refractivity contribution >= 4 is 17.8 Å². The van der Waals surface area contributed by atoms with E-state index in [1.54, 1.807) is 12.4 Å². The van der Waals surface area contributed by atoms with Crippen LogP contribution >= 0.6 is 0 Å². The molecule has 1 aromatic heterocycles. The predicted molar refractivity (Wildman–Crippen MR) is 104 cm³/mol. The van der Waals surface area contributed by atoms with Crippen LogP contribution in [-0.2, 0) is 9.59 Å². The number of carbonyl (C=O) groups excluding carboxylic acids is 2. The molecule has 7 nitrogen and oxygen atoms in total. The molecule has 2 saturated carbocycles. The molecule has 4 aliphatic rings. The molecule has 4 fully saturated rings. The van der Waals surface area contributed by atoms with Crippen LogP contribution in [0.1, 0.15) is 38.5 Å². The van der Waals surface area contributed by atoms with Gasteiger partial charge in [0.25, 0.3) is 0 Å². The highest BCUT2D eigenvalue weighted by molar-refractivity contribution is 5.85. The van der Waals surface area contributed by atoms with E-state index in [1.165, 1.54) is 12.8 Å². The third kappa shape index (κ3) is 3.35. The van der Waals surface area contributed by atoms with Gasteiger partial charge in [-0.05, 0) is 50.5 Å². The third-order valence-electron chi connectivity index (χ3n) is 6.96. The number of rotatable bonds is 5. The van der Waals surface area contributed by atoms with Crippen LogP contribution in [-0.4, -0.2) is 59.4 Å². The van der Waals surface area contributed by atoms with Gasteiger partial charge in [-0.2, -0.15) is 0 Å². The van der Waals surface area contributed by atoms with Gasteiger partial charge in [0.05, 0.1) is 5.41 Å². The standard InChI is InChI=1S/C21H29N5O2/c27-18(16-5-6-16)25-10-1-7-21(19(28)24-11-15-3-4-15)14-26(13-17(21)12-25)20-22-8-2-9-23-20/h2,8-9,15-17H,1,3-7,10-14H2,(H,24,28)/t17-,21+/m0/s1. The third-order valence-corrected chi connectivity index (χ3v) is 6.96. The predicted octanol–water partition coefficient (Wildman–Crippen LogP) is 1.46. The molecule has 28 heavy (non-hydrogen) atoms. The average Bonchev–Trinajstić information content (AvgIpc) is 3.63. The van der Waals surface area contributed by atoms with Gasteiger partial charge in [-0.25, -0.2) is 9.97 Å². The van der Waals surface area contributed by atoms with Crippen molar-refractivity contribution in [1.29, 1.82) is 0 Å². The summed E-state index contributed by atoms with van der Waals surface area (Å²) in [4.78, 5) is 39.1. The molecule has 2 saturated heterocycles. The fourth-order valence-electron chi connectivity index (χ4n) is 4.93. The molecule has 0 unspecified atom stereocenters. The summed E-state index contributed by atoms with van der Waals surface area (Å²) < 4.78 is 0. The Morgan fingerprint density at radius 1 is 1.14 bits per heavy atom. The number of carbonyl (C=O) groups is 2. The average molecular weight is 383 g/mol. The second-order valence-corrected chi connectivity index (χ2v) is 9.10. The van der Waals surface area contributed by atoms with E-state index >= 15 is 0 Å².